The van der Waals surface area contributed by atoms with Crippen LogP contribution in [-0.4, -0.2) is 12.5 Å². The fourth-order valence-corrected chi connectivity index (χ4v) is 2.56. The molecule has 21 heavy (non-hydrogen) atoms. The molecule has 0 aromatic heterocycles. The Hall–Kier alpha value is -1.33. The lowest BCUT2D eigenvalue weighted by molar-refractivity contribution is 0.0956. The molecule has 0 spiro atoms. The van der Waals surface area contributed by atoms with Gasteiger partial charge in [0.05, 0.1) is 0 Å². The van der Waals surface area contributed by atoms with Crippen molar-refractivity contribution in [2.24, 2.45) is 0 Å². The number of nitrogens with one attached hydrogen (secondary N) is 2. The Balaban J connectivity index is 2.04. The van der Waals surface area contributed by atoms with E-state index in [9.17, 15) is 4.79 Å². The first kappa shape index (κ1) is 16.0. The molecule has 0 saturated carbocycles. The molecular weight excluding hydrogens is 396 g/mol. The Labute approximate surface area is 141 Å². The Morgan fingerprint density at radius 1 is 1.10 bits per heavy atom. The second-order valence-corrected chi connectivity index (χ2v) is 6.25. The topological polar surface area (TPSA) is 41.1 Å². The molecule has 0 bridgehead atoms. The quantitative estimate of drug-likeness (QED) is 0.756. The average Bonchev–Trinajstić information content (AvgIpc) is 2.49. The lowest BCUT2D eigenvalue weighted by atomic mass is 10.1. The highest BCUT2D eigenvalue weighted by molar-refractivity contribution is 9.13. The SMILES string of the molecule is CCNC(=O)c1cccc(NCc2ccc(Br)c(Br)c2)c1. The molecule has 0 aliphatic carbocycles. The van der Waals surface area contributed by atoms with Gasteiger partial charge in [-0.2, -0.15) is 0 Å². The minimum atomic E-state index is -0.0486. The summed E-state index contributed by atoms with van der Waals surface area (Å²) in [6, 6.07) is 13.6. The number of benzene rings is 2. The highest BCUT2D eigenvalue weighted by Crippen LogP contribution is 2.24. The first-order valence-corrected chi connectivity index (χ1v) is 8.25. The van der Waals surface area contributed by atoms with E-state index in [0.29, 0.717) is 18.7 Å². The summed E-state index contributed by atoms with van der Waals surface area (Å²) in [7, 11) is 0. The lowest BCUT2D eigenvalue weighted by Crippen LogP contribution is -2.22. The molecule has 0 radical (unpaired) electrons. The van der Waals surface area contributed by atoms with Crippen molar-refractivity contribution in [3.63, 3.8) is 0 Å². The Morgan fingerprint density at radius 2 is 1.90 bits per heavy atom. The van der Waals surface area contributed by atoms with E-state index in [1.54, 1.807) is 0 Å². The third-order valence-electron chi connectivity index (χ3n) is 2.94. The van der Waals surface area contributed by atoms with E-state index in [2.05, 4.69) is 54.6 Å². The molecule has 0 fully saturated rings. The number of rotatable bonds is 5. The van der Waals surface area contributed by atoms with E-state index in [4.69, 9.17) is 0 Å². The maximum atomic E-state index is 11.8. The molecule has 110 valence electrons. The molecule has 2 rings (SSSR count). The predicted octanol–water partition coefficient (Wildman–Crippen LogP) is 4.57. The first-order valence-electron chi connectivity index (χ1n) is 6.66. The molecule has 0 atom stereocenters. The molecule has 0 saturated heterocycles. The van der Waals surface area contributed by atoms with Gasteiger partial charge in [-0.3, -0.25) is 4.79 Å². The summed E-state index contributed by atoms with van der Waals surface area (Å²) in [5, 5.41) is 6.13. The monoisotopic (exact) mass is 410 g/mol. The van der Waals surface area contributed by atoms with E-state index in [-0.39, 0.29) is 5.91 Å². The number of carbonyl (C=O) groups is 1. The first-order chi connectivity index (χ1) is 10.1. The number of halogens is 2. The molecule has 0 aliphatic heterocycles. The van der Waals surface area contributed by atoms with Crippen LogP contribution in [0.4, 0.5) is 5.69 Å². The summed E-state index contributed by atoms with van der Waals surface area (Å²) in [5.74, 6) is -0.0486. The third kappa shape index (κ3) is 4.58. The number of anilines is 1. The molecule has 0 aliphatic rings. The van der Waals surface area contributed by atoms with Crippen molar-refractivity contribution in [2.45, 2.75) is 13.5 Å². The fourth-order valence-electron chi connectivity index (χ4n) is 1.89. The molecular formula is C16H16Br2N2O. The summed E-state index contributed by atoms with van der Waals surface area (Å²) < 4.78 is 2.06. The van der Waals surface area contributed by atoms with Gasteiger partial charge in [0.25, 0.3) is 5.91 Å². The van der Waals surface area contributed by atoms with Crippen LogP contribution in [0, 0.1) is 0 Å². The molecule has 2 aromatic rings. The summed E-state index contributed by atoms with van der Waals surface area (Å²) in [5.41, 5.74) is 2.75. The maximum Gasteiger partial charge on any atom is 0.251 e. The number of carbonyl (C=O) groups excluding carboxylic acids is 1. The van der Waals surface area contributed by atoms with Crippen LogP contribution in [0.3, 0.4) is 0 Å². The molecule has 5 heteroatoms. The summed E-state index contributed by atoms with van der Waals surface area (Å²) in [6.45, 7) is 3.24. The van der Waals surface area contributed by atoms with E-state index >= 15 is 0 Å². The zero-order valence-electron chi connectivity index (χ0n) is 11.6. The van der Waals surface area contributed by atoms with Crippen LogP contribution in [0.25, 0.3) is 0 Å². The van der Waals surface area contributed by atoms with Crippen LogP contribution >= 0.6 is 31.9 Å². The zero-order valence-corrected chi connectivity index (χ0v) is 14.8. The minimum Gasteiger partial charge on any atom is -0.381 e. The highest BCUT2D eigenvalue weighted by Gasteiger charge is 2.05. The number of hydrogen-bond donors (Lipinski definition) is 2. The summed E-state index contributed by atoms with van der Waals surface area (Å²) >= 11 is 6.95. The Morgan fingerprint density at radius 3 is 2.62 bits per heavy atom. The van der Waals surface area contributed by atoms with Crippen molar-refractivity contribution in [3.8, 4) is 0 Å². The van der Waals surface area contributed by atoms with Gasteiger partial charge in [-0.15, -0.1) is 0 Å². The van der Waals surface area contributed by atoms with Crippen molar-refractivity contribution in [2.75, 3.05) is 11.9 Å². The van der Waals surface area contributed by atoms with Crippen LogP contribution in [0.15, 0.2) is 51.4 Å². The van der Waals surface area contributed by atoms with Crippen LogP contribution < -0.4 is 10.6 Å². The smallest absolute Gasteiger partial charge is 0.251 e. The second kappa shape index (κ2) is 7.61. The third-order valence-corrected chi connectivity index (χ3v) is 4.82. The van der Waals surface area contributed by atoms with Gasteiger partial charge in [0.2, 0.25) is 0 Å². The van der Waals surface area contributed by atoms with Gasteiger partial charge in [0.1, 0.15) is 0 Å². The highest BCUT2D eigenvalue weighted by atomic mass is 79.9. The molecule has 3 nitrogen and oxygen atoms in total. The van der Waals surface area contributed by atoms with Gasteiger partial charge in [-0.25, -0.2) is 0 Å². The van der Waals surface area contributed by atoms with Gasteiger partial charge < -0.3 is 10.6 Å². The minimum absolute atomic E-state index is 0.0486. The van der Waals surface area contributed by atoms with E-state index in [0.717, 1.165) is 20.2 Å². The Kier molecular flexibility index (Phi) is 5.82. The number of hydrogen-bond acceptors (Lipinski definition) is 2. The fraction of sp³-hybridized carbons (Fsp3) is 0.188. The van der Waals surface area contributed by atoms with E-state index in [1.165, 1.54) is 0 Å². The van der Waals surface area contributed by atoms with Crippen molar-refractivity contribution < 1.29 is 4.79 Å². The van der Waals surface area contributed by atoms with Crippen molar-refractivity contribution in [1.82, 2.24) is 5.32 Å². The van der Waals surface area contributed by atoms with Crippen molar-refractivity contribution in [3.05, 3.63) is 62.5 Å². The van der Waals surface area contributed by atoms with Gasteiger partial charge >= 0.3 is 0 Å². The van der Waals surface area contributed by atoms with Gasteiger partial charge in [0, 0.05) is 33.3 Å². The normalized spacial score (nSPS) is 10.2. The molecule has 2 N–H and O–H groups in total. The van der Waals surface area contributed by atoms with Crippen LogP contribution in [0.1, 0.15) is 22.8 Å². The second-order valence-electron chi connectivity index (χ2n) is 4.54. The van der Waals surface area contributed by atoms with Gasteiger partial charge in [-0.1, -0.05) is 12.1 Å². The largest absolute Gasteiger partial charge is 0.381 e. The van der Waals surface area contributed by atoms with E-state index < -0.39 is 0 Å². The number of amides is 1. The molecule has 0 heterocycles. The predicted molar refractivity (Wildman–Crippen MR) is 93.6 cm³/mol. The standard InChI is InChI=1S/C16H16Br2N2O/c1-2-19-16(21)12-4-3-5-13(9-12)20-10-11-6-7-14(17)15(18)8-11/h3-9,20H,2,10H2,1H3,(H,19,21). The van der Waals surface area contributed by atoms with Crippen LogP contribution in [0.2, 0.25) is 0 Å². The summed E-state index contributed by atoms with van der Waals surface area (Å²) in [4.78, 5) is 11.8. The molecule has 0 unspecified atom stereocenters. The zero-order chi connectivity index (χ0) is 15.2. The Bertz CT molecular complexity index is 644. The van der Waals surface area contributed by atoms with Gasteiger partial charge in [-0.05, 0) is 74.7 Å². The molecule has 1 amide bonds. The maximum absolute atomic E-state index is 11.8. The van der Waals surface area contributed by atoms with Crippen LogP contribution in [-0.2, 0) is 6.54 Å². The lowest BCUT2D eigenvalue weighted by Gasteiger charge is -2.09. The molecule has 2 aromatic carbocycles. The van der Waals surface area contributed by atoms with Crippen molar-refractivity contribution in [1.29, 1.82) is 0 Å². The van der Waals surface area contributed by atoms with E-state index in [1.807, 2.05) is 37.3 Å². The van der Waals surface area contributed by atoms with Gasteiger partial charge in [0.15, 0.2) is 0 Å². The van der Waals surface area contributed by atoms with Crippen molar-refractivity contribution >= 4 is 43.5 Å². The summed E-state index contributed by atoms with van der Waals surface area (Å²) in [6.07, 6.45) is 0. The average molecular weight is 412 g/mol. The van der Waals surface area contributed by atoms with Crippen LogP contribution in [0.5, 0.6) is 0 Å².